The third kappa shape index (κ3) is 2.90. The van der Waals surface area contributed by atoms with Crippen LogP contribution in [0.5, 0.6) is 0 Å². The molecule has 0 saturated heterocycles. The van der Waals surface area contributed by atoms with Crippen molar-refractivity contribution in [3.63, 3.8) is 0 Å². The molecular weight excluding hydrogens is 274 g/mol. The lowest BCUT2D eigenvalue weighted by Gasteiger charge is -2.08. The molecule has 1 saturated carbocycles. The van der Waals surface area contributed by atoms with Crippen molar-refractivity contribution in [3.05, 3.63) is 47.0 Å². The van der Waals surface area contributed by atoms with Crippen molar-refractivity contribution in [1.29, 1.82) is 0 Å². The number of hydrogen-bond donors (Lipinski definition) is 0. The zero-order valence-corrected chi connectivity index (χ0v) is 11.9. The summed E-state index contributed by atoms with van der Waals surface area (Å²) in [6, 6.07) is 5.77. The number of halogens is 1. The van der Waals surface area contributed by atoms with Crippen LogP contribution in [-0.2, 0) is 6.42 Å². The maximum atomic E-state index is 12.1. The molecule has 0 atom stereocenters. The SMILES string of the molecule is O=C(Cc1ccn(C2CCCC2)n1)c1ccc(Cl)nc1. The number of Topliss-reactive ketones (excluding diaryl/α,β-unsaturated/α-hetero) is 1. The predicted molar refractivity (Wildman–Crippen MR) is 77.0 cm³/mol. The van der Waals surface area contributed by atoms with Gasteiger partial charge in [0, 0.05) is 18.0 Å². The Morgan fingerprint density at radius 3 is 2.80 bits per heavy atom. The van der Waals surface area contributed by atoms with Gasteiger partial charge in [0.15, 0.2) is 5.78 Å². The van der Waals surface area contributed by atoms with Crippen molar-refractivity contribution < 1.29 is 4.79 Å². The maximum absolute atomic E-state index is 12.1. The lowest BCUT2D eigenvalue weighted by atomic mass is 10.1. The highest BCUT2D eigenvalue weighted by molar-refractivity contribution is 6.29. The molecule has 1 aliphatic rings. The van der Waals surface area contributed by atoms with E-state index in [2.05, 4.69) is 10.1 Å². The summed E-state index contributed by atoms with van der Waals surface area (Å²) < 4.78 is 2.01. The van der Waals surface area contributed by atoms with E-state index in [-0.39, 0.29) is 5.78 Å². The van der Waals surface area contributed by atoms with Crippen LogP contribution < -0.4 is 0 Å². The van der Waals surface area contributed by atoms with Gasteiger partial charge in [-0.15, -0.1) is 0 Å². The van der Waals surface area contributed by atoms with E-state index < -0.39 is 0 Å². The molecule has 0 N–H and O–H groups in total. The summed E-state index contributed by atoms with van der Waals surface area (Å²) in [6.45, 7) is 0. The Bertz CT molecular complexity index is 600. The molecule has 104 valence electrons. The summed E-state index contributed by atoms with van der Waals surface area (Å²) in [4.78, 5) is 16.1. The van der Waals surface area contributed by atoms with E-state index in [9.17, 15) is 4.79 Å². The molecule has 0 unspecified atom stereocenters. The standard InChI is InChI=1S/C15H16ClN3O/c16-15-6-5-11(10-17-15)14(20)9-12-7-8-19(18-12)13-3-1-2-4-13/h5-8,10,13H,1-4,9H2. The molecule has 1 fully saturated rings. The van der Waals surface area contributed by atoms with Gasteiger partial charge in [-0.2, -0.15) is 5.10 Å². The number of hydrogen-bond acceptors (Lipinski definition) is 3. The number of aromatic nitrogens is 3. The van der Waals surface area contributed by atoms with Gasteiger partial charge in [-0.1, -0.05) is 24.4 Å². The highest BCUT2D eigenvalue weighted by Gasteiger charge is 2.18. The lowest BCUT2D eigenvalue weighted by molar-refractivity contribution is 0.0991. The predicted octanol–water partition coefficient (Wildman–Crippen LogP) is 3.47. The van der Waals surface area contributed by atoms with Crippen molar-refractivity contribution in [3.8, 4) is 0 Å². The summed E-state index contributed by atoms with van der Waals surface area (Å²) in [6.07, 6.45) is 8.73. The molecule has 1 aliphatic carbocycles. The summed E-state index contributed by atoms with van der Waals surface area (Å²) in [5, 5.41) is 4.92. The molecule has 20 heavy (non-hydrogen) atoms. The zero-order chi connectivity index (χ0) is 13.9. The average Bonchev–Trinajstić information content (AvgIpc) is 3.09. The highest BCUT2D eigenvalue weighted by atomic mass is 35.5. The van der Waals surface area contributed by atoms with Crippen molar-refractivity contribution in [1.82, 2.24) is 14.8 Å². The molecule has 3 rings (SSSR count). The third-order valence-corrected chi connectivity index (χ3v) is 3.98. The van der Waals surface area contributed by atoms with E-state index in [1.807, 2.05) is 16.9 Å². The van der Waals surface area contributed by atoms with Crippen LogP contribution in [-0.4, -0.2) is 20.5 Å². The topological polar surface area (TPSA) is 47.8 Å². The van der Waals surface area contributed by atoms with Crippen molar-refractivity contribution in [2.24, 2.45) is 0 Å². The van der Waals surface area contributed by atoms with Gasteiger partial charge in [-0.05, 0) is 31.0 Å². The second-order valence-corrected chi connectivity index (χ2v) is 5.58. The fraction of sp³-hybridized carbons (Fsp3) is 0.400. The van der Waals surface area contributed by atoms with E-state index in [4.69, 9.17) is 11.6 Å². The Kier molecular flexibility index (Phi) is 3.83. The molecular formula is C15H16ClN3O. The van der Waals surface area contributed by atoms with Crippen LogP contribution in [0.2, 0.25) is 5.15 Å². The normalized spacial score (nSPS) is 15.7. The number of carbonyl (C=O) groups is 1. The molecule has 2 aromatic rings. The maximum Gasteiger partial charge on any atom is 0.170 e. The van der Waals surface area contributed by atoms with Crippen molar-refractivity contribution in [2.75, 3.05) is 0 Å². The molecule has 0 bridgehead atoms. The van der Waals surface area contributed by atoms with E-state index in [0.29, 0.717) is 23.2 Å². The number of ketones is 1. The highest BCUT2D eigenvalue weighted by Crippen LogP contribution is 2.28. The van der Waals surface area contributed by atoms with Crippen LogP contribution in [0.4, 0.5) is 0 Å². The molecule has 4 nitrogen and oxygen atoms in total. The van der Waals surface area contributed by atoms with E-state index in [1.165, 1.54) is 31.9 Å². The number of pyridine rings is 1. The molecule has 0 radical (unpaired) electrons. The van der Waals surface area contributed by atoms with E-state index >= 15 is 0 Å². The molecule has 0 amide bonds. The van der Waals surface area contributed by atoms with Crippen LogP contribution in [0, 0.1) is 0 Å². The van der Waals surface area contributed by atoms with Gasteiger partial charge in [-0.25, -0.2) is 4.98 Å². The summed E-state index contributed by atoms with van der Waals surface area (Å²) in [5.41, 5.74) is 1.39. The lowest BCUT2D eigenvalue weighted by Crippen LogP contribution is -2.08. The fourth-order valence-corrected chi connectivity index (χ4v) is 2.76. The van der Waals surface area contributed by atoms with Crippen LogP contribution in [0.25, 0.3) is 0 Å². The average molecular weight is 290 g/mol. The van der Waals surface area contributed by atoms with Gasteiger partial charge >= 0.3 is 0 Å². The monoisotopic (exact) mass is 289 g/mol. The first-order valence-corrected chi connectivity index (χ1v) is 7.29. The van der Waals surface area contributed by atoms with Crippen LogP contribution >= 0.6 is 11.6 Å². The summed E-state index contributed by atoms with van der Waals surface area (Å²) in [5.74, 6) is 0.0193. The first-order chi connectivity index (χ1) is 9.72. The van der Waals surface area contributed by atoms with Crippen molar-refractivity contribution >= 4 is 17.4 Å². The Balaban J connectivity index is 1.68. The first kappa shape index (κ1) is 13.3. The fourth-order valence-electron chi connectivity index (χ4n) is 2.65. The van der Waals surface area contributed by atoms with E-state index in [0.717, 1.165) is 5.69 Å². The number of carbonyl (C=O) groups excluding carboxylic acids is 1. The van der Waals surface area contributed by atoms with E-state index in [1.54, 1.807) is 12.1 Å². The molecule has 2 heterocycles. The summed E-state index contributed by atoms with van der Waals surface area (Å²) >= 11 is 5.71. The van der Waals surface area contributed by atoms with Crippen LogP contribution in [0.1, 0.15) is 47.8 Å². The quantitative estimate of drug-likeness (QED) is 0.639. The first-order valence-electron chi connectivity index (χ1n) is 6.91. The van der Waals surface area contributed by atoms with Gasteiger partial charge < -0.3 is 0 Å². The molecule has 0 aromatic carbocycles. The Labute approximate surface area is 122 Å². The number of rotatable bonds is 4. The Morgan fingerprint density at radius 1 is 1.30 bits per heavy atom. The molecule has 0 aliphatic heterocycles. The molecule has 0 spiro atoms. The van der Waals surface area contributed by atoms with Crippen LogP contribution in [0.3, 0.4) is 0 Å². The minimum Gasteiger partial charge on any atom is -0.294 e. The second-order valence-electron chi connectivity index (χ2n) is 5.19. The largest absolute Gasteiger partial charge is 0.294 e. The third-order valence-electron chi connectivity index (χ3n) is 3.75. The molecule has 5 heteroatoms. The smallest absolute Gasteiger partial charge is 0.170 e. The van der Waals surface area contributed by atoms with Gasteiger partial charge in [0.2, 0.25) is 0 Å². The van der Waals surface area contributed by atoms with Gasteiger partial charge in [0.05, 0.1) is 18.2 Å². The summed E-state index contributed by atoms with van der Waals surface area (Å²) in [7, 11) is 0. The van der Waals surface area contributed by atoms with Gasteiger partial charge in [0.1, 0.15) is 5.15 Å². The Morgan fingerprint density at radius 2 is 2.10 bits per heavy atom. The zero-order valence-electron chi connectivity index (χ0n) is 11.1. The number of nitrogens with zero attached hydrogens (tertiary/aromatic N) is 3. The van der Waals surface area contributed by atoms with Crippen molar-refractivity contribution in [2.45, 2.75) is 38.1 Å². The second kappa shape index (κ2) is 5.75. The Hall–Kier alpha value is -1.68. The minimum absolute atomic E-state index is 0.0193. The van der Waals surface area contributed by atoms with Gasteiger partial charge in [0.25, 0.3) is 0 Å². The van der Waals surface area contributed by atoms with Crippen LogP contribution in [0.15, 0.2) is 30.6 Å². The minimum atomic E-state index is 0.0193. The van der Waals surface area contributed by atoms with Gasteiger partial charge in [-0.3, -0.25) is 9.48 Å². The molecule has 2 aromatic heterocycles.